The Morgan fingerprint density at radius 1 is 0.740 bits per heavy atom. The van der Waals surface area contributed by atoms with Gasteiger partial charge in [0, 0.05) is 37.3 Å². The third kappa shape index (κ3) is 10.7. The van der Waals surface area contributed by atoms with Crippen molar-refractivity contribution in [3.63, 3.8) is 0 Å². The Labute approximate surface area is 291 Å². The van der Waals surface area contributed by atoms with E-state index in [4.69, 9.17) is 24.1 Å². The van der Waals surface area contributed by atoms with E-state index in [0.29, 0.717) is 54.6 Å². The van der Waals surface area contributed by atoms with Crippen molar-refractivity contribution in [1.82, 2.24) is 10.3 Å². The van der Waals surface area contributed by atoms with Crippen molar-refractivity contribution < 1.29 is 43.5 Å². The summed E-state index contributed by atoms with van der Waals surface area (Å²) < 4.78 is 23.1. The van der Waals surface area contributed by atoms with E-state index in [1.54, 1.807) is 18.5 Å². The van der Waals surface area contributed by atoms with Crippen LogP contribution in [0.15, 0.2) is 79.1 Å². The average molecular weight is 683 g/mol. The quantitative estimate of drug-likeness (QED) is 0.0844. The van der Waals surface area contributed by atoms with Gasteiger partial charge in [0.1, 0.15) is 11.5 Å². The van der Waals surface area contributed by atoms with Crippen LogP contribution in [0, 0.1) is 0 Å². The first-order valence-electron chi connectivity index (χ1n) is 16.9. The number of aryl methyl sites for hydroxylation is 1. The van der Waals surface area contributed by atoms with E-state index in [1.807, 2.05) is 60.7 Å². The molecule has 3 aromatic carbocycles. The predicted molar refractivity (Wildman–Crippen MR) is 186 cm³/mol. The van der Waals surface area contributed by atoms with Gasteiger partial charge in [-0.3, -0.25) is 19.4 Å². The first-order valence-corrected chi connectivity index (χ1v) is 16.9. The van der Waals surface area contributed by atoms with E-state index in [0.717, 1.165) is 59.9 Å². The highest BCUT2D eigenvalue weighted by atomic mass is 16.7. The number of hydrogen-bond acceptors (Lipinski definition) is 8. The Balaban J connectivity index is 1.16. The molecule has 5 rings (SSSR count). The number of aromatic nitrogens is 1. The summed E-state index contributed by atoms with van der Waals surface area (Å²) in [6.45, 7) is 1.28. The molecule has 0 atom stereocenters. The summed E-state index contributed by atoms with van der Waals surface area (Å²) in [7, 11) is 0. The van der Waals surface area contributed by atoms with Crippen LogP contribution in [-0.2, 0) is 29.0 Å². The number of ether oxygens (including phenoxy) is 4. The summed E-state index contributed by atoms with van der Waals surface area (Å²) >= 11 is 0. The zero-order valence-corrected chi connectivity index (χ0v) is 27.9. The van der Waals surface area contributed by atoms with Gasteiger partial charge in [0.25, 0.3) is 5.91 Å². The molecule has 3 N–H and O–H groups in total. The third-order valence-corrected chi connectivity index (χ3v) is 8.30. The van der Waals surface area contributed by atoms with E-state index in [9.17, 15) is 19.5 Å². The molecule has 4 aromatic rings. The largest absolute Gasteiger partial charge is 0.494 e. The topological polar surface area (TPSA) is 154 Å². The summed E-state index contributed by atoms with van der Waals surface area (Å²) in [4.78, 5) is 39.4. The maximum atomic E-state index is 13.2. The van der Waals surface area contributed by atoms with Crippen molar-refractivity contribution in [2.75, 3.05) is 20.0 Å². The number of amides is 1. The highest BCUT2D eigenvalue weighted by molar-refractivity contribution is 5.96. The van der Waals surface area contributed by atoms with Gasteiger partial charge in [0.05, 0.1) is 13.2 Å². The number of fused-ring (bicyclic) bond motifs is 1. The monoisotopic (exact) mass is 682 g/mol. The Kier molecular flexibility index (Phi) is 13.0. The molecular formula is C39H42N2O9. The van der Waals surface area contributed by atoms with Crippen LogP contribution in [0.5, 0.6) is 23.0 Å². The van der Waals surface area contributed by atoms with Gasteiger partial charge in [-0.05, 0) is 108 Å². The molecule has 0 bridgehead atoms. The maximum Gasteiger partial charge on any atom is 0.303 e. The molecule has 50 heavy (non-hydrogen) atoms. The molecule has 1 aromatic heterocycles. The van der Waals surface area contributed by atoms with Gasteiger partial charge in [0.15, 0.2) is 11.5 Å². The van der Waals surface area contributed by atoms with Crippen molar-refractivity contribution in [3.8, 4) is 34.1 Å². The number of carboxylic acids is 2. The van der Waals surface area contributed by atoms with E-state index in [1.165, 1.54) is 0 Å². The fraction of sp³-hybridized carbons (Fsp3) is 0.333. The molecule has 2 heterocycles. The number of pyridine rings is 1. The molecular weight excluding hydrogens is 640 g/mol. The number of hydrogen-bond donors (Lipinski definition) is 3. The Morgan fingerprint density at radius 3 is 2.34 bits per heavy atom. The summed E-state index contributed by atoms with van der Waals surface area (Å²) in [6.07, 6.45) is 8.49. The Hall–Kier alpha value is -5.58. The molecule has 11 nitrogen and oxygen atoms in total. The third-order valence-electron chi connectivity index (χ3n) is 8.30. The van der Waals surface area contributed by atoms with Crippen LogP contribution in [0.3, 0.4) is 0 Å². The van der Waals surface area contributed by atoms with Gasteiger partial charge in [-0.2, -0.15) is 0 Å². The number of benzene rings is 3. The second kappa shape index (κ2) is 18.3. The summed E-state index contributed by atoms with van der Waals surface area (Å²) in [6, 6.07) is 20.6. The van der Waals surface area contributed by atoms with Crippen LogP contribution >= 0.6 is 0 Å². The molecule has 0 radical (unpaired) electrons. The minimum Gasteiger partial charge on any atom is -0.494 e. The maximum absolute atomic E-state index is 13.2. The molecule has 11 heteroatoms. The van der Waals surface area contributed by atoms with Crippen molar-refractivity contribution in [2.24, 2.45) is 0 Å². The van der Waals surface area contributed by atoms with Gasteiger partial charge in [0.2, 0.25) is 6.79 Å². The van der Waals surface area contributed by atoms with E-state index in [-0.39, 0.29) is 32.1 Å². The minimum absolute atomic E-state index is 0.0101. The number of carboxylic acid groups (broad SMARTS) is 2. The molecule has 0 aliphatic carbocycles. The van der Waals surface area contributed by atoms with Gasteiger partial charge in [-0.1, -0.05) is 31.0 Å². The fourth-order valence-corrected chi connectivity index (χ4v) is 5.70. The number of unbranched alkanes of at least 4 members (excludes halogenated alkanes) is 3. The summed E-state index contributed by atoms with van der Waals surface area (Å²) in [5.74, 6) is 0.581. The Bertz CT molecular complexity index is 1760. The summed E-state index contributed by atoms with van der Waals surface area (Å²) in [5, 5.41) is 21.2. The zero-order valence-electron chi connectivity index (χ0n) is 27.9. The lowest BCUT2D eigenvalue weighted by molar-refractivity contribution is -0.138. The number of aliphatic carboxylic acids is 2. The zero-order chi connectivity index (χ0) is 35.1. The van der Waals surface area contributed by atoms with E-state index < -0.39 is 11.9 Å². The highest BCUT2D eigenvalue weighted by Crippen LogP contribution is 2.37. The smallest absolute Gasteiger partial charge is 0.303 e. The summed E-state index contributed by atoms with van der Waals surface area (Å²) in [5.41, 5.74) is 5.05. The minimum atomic E-state index is -0.879. The van der Waals surface area contributed by atoms with Crippen molar-refractivity contribution in [1.29, 1.82) is 0 Å². The van der Waals surface area contributed by atoms with E-state index >= 15 is 0 Å². The van der Waals surface area contributed by atoms with Gasteiger partial charge in [-0.25, -0.2) is 0 Å². The lowest BCUT2D eigenvalue weighted by atomic mass is 9.97. The second-order valence-electron chi connectivity index (χ2n) is 12.0. The second-order valence-corrected chi connectivity index (χ2v) is 12.0. The SMILES string of the molecule is O=C(O)CCCOc1cccc(CCCCCCOc2cc(C(=O)NCc3ccncc3)cc(-c3ccc4c(c3)OCO4)c2)c1CCC(=O)O. The normalized spacial score (nSPS) is 11.6. The van der Waals surface area contributed by atoms with Gasteiger partial charge < -0.3 is 34.5 Å². The molecule has 0 saturated heterocycles. The van der Waals surface area contributed by atoms with Crippen molar-refractivity contribution >= 4 is 17.8 Å². The number of nitrogens with zero attached hydrogens (tertiary/aromatic N) is 1. The number of nitrogens with one attached hydrogen (secondary N) is 1. The highest BCUT2D eigenvalue weighted by Gasteiger charge is 2.17. The van der Waals surface area contributed by atoms with Crippen LogP contribution in [-0.4, -0.2) is 53.0 Å². The molecule has 0 unspecified atom stereocenters. The van der Waals surface area contributed by atoms with E-state index in [2.05, 4.69) is 10.3 Å². The number of rotatable bonds is 20. The number of carbonyl (C=O) groups excluding carboxylic acids is 1. The van der Waals surface area contributed by atoms with Gasteiger partial charge >= 0.3 is 11.9 Å². The lowest BCUT2D eigenvalue weighted by Gasteiger charge is -2.15. The predicted octanol–water partition coefficient (Wildman–Crippen LogP) is 6.85. The van der Waals surface area contributed by atoms with Crippen LogP contribution in [0.4, 0.5) is 0 Å². The molecule has 0 fully saturated rings. The Morgan fingerprint density at radius 2 is 1.52 bits per heavy atom. The van der Waals surface area contributed by atoms with Gasteiger partial charge in [-0.15, -0.1) is 0 Å². The molecule has 1 aliphatic heterocycles. The molecule has 262 valence electrons. The van der Waals surface area contributed by atoms with Crippen LogP contribution < -0.4 is 24.3 Å². The van der Waals surface area contributed by atoms with Crippen molar-refractivity contribution in [2.45, 2.75) is 64.3 Å². The van der Waals surface area contributed by atoms with Crippen molar-refractivity contribution in [3.05, 3.63) is 101 Å². The lowest BCUT2D eigenvalue weighted by Crippen LogP contribution is -2.22. The van der Waals surface area contributed by atoms with Crippen LogP contribution in [0.2, 0.25) is 0 Å². The number of carbonyl (C=O) groups is 3. The first-order chi connectivity index (χ1) is 24.4. The molecule has 0 spiro atoms. The standard InChI is InChI=1S/C39H42N2O9/c42-37(43)10-6-20-48-34-9-5-8-28(33(34)12-14-38(44)45)7-3-1-2-4-19-47-32-22-30(29-11-13-35-36(24-29)50-26-49-35)21-31(23-32)39(46)41-25-27-15-17-40-18-16-27/h5,8-9,11,13,15-18,21-24H,1-4,6-7,10,12,14,19-20,25-26H2,(H,41,46)(H,42,43)(H,44,45). The van der Waals surface area contributed by atoms with Crippen LogP contribution in [0.25, 0.3) is 11.1 Å². The average Bonchev–Trinajstić information content (AvgIpc) is 3.60. The molecule has 0 saturated carbocycles. The fourth-order valence-electron chi connectivity index (χ4n) is 5.70. The van der Waals surface area contributed by atoms with Crippen LogP contribution in [0.1, 0.15) is 72.0 Å². The molecule has 1 aliphatic rings. The molecule has 1 amide bonds. The first kappa shape index (κ1) is 35.7.